The number of fused-ring (bicyclic) bond motifs is 1. The highest BCUT2D eigenvalue weighted by molar-refractivity contribution is 7.17. The Hall–Kier alpha value is -1.86. The fraction of sp³-hybridized carbons (Fsp3) is 0.333. The van der Waals surface area contributed by atoms with E-state index in [1.165, 1.54) is 10.1 Å². The lowest BCUT2D eigenvalue weighted by Gasteiger charge is -2.35. The summed E-state index contributed by atoms with van der Waals surface area (Å²) in [7, 11) is 1.65. The Kier molecular flexibility index (Phi) is 8.28. The third kappa shape index (κ3) is 4.83. The number of benzene rings is 1. The van der Waals surface area contributed by atoms with Crippen LogP contribution in [0.2, 0.25) is 0 Å². The lowest BCUT2D eigenvalue weighted by molar-refractivity contribution is 0.0963. The second-order valence-corrected chi connectivity index (χ2v) is 7.66. The molecule has 0 spiro atoms. The highest BCUT2D eigenvalue weighted by Gasteiger charge is 2.20. The third-order valence-corrected chi connectivity index (χ3v) is 6.13. The number of piperazine rings is 1. The molecule has 4 rings (SSSR count). The van der Waals surface area contributed by atoms with Crippen molar-refractivity contribution in [2.45, 2.75) is 6.92 Å². The van der Waals surface area contributed by atoms with Gasteiger partial charge in [-0.25, -0.2) is 4.98 Å². The largest absolute Gasteiger partial charge is 0.355 e. The number of pyridine rings is 1. The van der Waals surface area contributed by atoms with Crippen LogP contribution in [0, 0.1) is 0 Å². The van der Waals surface area contributed by atoms with Gasteiger partial charge in [0.2, 0.25) is 0 Å². The molecule has 3 heterocycles. The van der Waals surface area contributed by atoms with E-state index < -0.39 is 0 Å². The summed E-state index contributed by atoms with van der Waals surface area (Å²) >= 11 is 1.76. The Morgan fingerprint density at radius 1 is 1.10 bits per heavy atom. The molecule has 1 aromatic carbocycles. The topological polar surface area (TPSA) is 48.5 Å². The molecular formula is C21H26Cl2N4OS. The van der Waals surface area contributed by atoms with Crippen molar-refractivity contribution in [1.29, 1.82) is 0 Å². The summed E-state index contributed by atoms with van der Waals surface area (Å²) in [6, 6.07) is 12.0. The predicted octanol–water partition coefficient (Wildman–Crippen LogP) is 4.31. The number of rotatable bonds is 4. The molecule has 156 valence electrons. The van der Waals surface area contributed by atoms with Gasteiger partial charge in [0.1, 0.15) is 5.82 Å². The molecule has 29 heavy (non-hydrogen) atoms. The van der Waals surface area contributed by atoms with E-state index in [9.17, 15) is 4.79 Å². The average Bonchev–Trinajstić information content (AvgIpc) is 3.21. The summed E-state index contributed by atoms with van der Waals surface area (Å²) in [5, 5.41) is 6.02. The monoisotopic (exact) mass is 452 g/mol. The Bertz CT molecular complexity index is 953. The van der Waals surface area contributed by atoms with Gasteiger partial charge in [0, 0.05) is 44.4 Å². The van der Waals surface area contributed by atoms with Crippen molar-refractivity contribution < 1.29 is 4.79 Å². The van der Waals surface area contributed by atoms with Crippen molar-refractivity contribution in [3.63, 3.8) is 0 Å². The third-order valence-electron chi connectivity index (χ3n) is 5.21. The second-order valence-electron chi connectivity index (χ2n) is 6.75. The normalized spacial score (nSPS) is 14.2. The van der Waals surface area contributed by atoms with Crippen molar-refractivity contribution in [2.24, 2.45) is 0 Å². The number of amides is 1. The zero-order valence-corrected chi connectivity index (χ0v) is 19.0. The molecule has 5 nitrogen and oxygen atoms in total. The van der Waals surface area contributed by atoms with Gasteiger partial charge in [0.05, 0.1) is 10.4 Å². The number of nitrogens with zero attached hydrogens (tertiary/aromatic N) is 3. The fourth-order valence-corrected chi connectivity index (χ4v) is 4.43. The van der Waals surface area contributed by atoms with Crippen molar-refractivity contribution >= 4 is 58.0 Å². The van der Waals surface area contributed by atoms with Gasteiger partial charge in [-0.2, -0.15) is 0 Å². The van der Waals surface area contributed by atoms with Crippen LogP contribution in [-0.4, -0.2) is 55.6 Å². The van der Waals surface area contributed by atoms with Crippen LogP contribution >= 0.6 is 36.2 Å². The SMILES string of the molecule is CCN1CCN(c2nc(-c3ccc(C(=O)NC)cc3)cc3ccsc23)CC1.Cl.Cl. The van der Waals surface area contributed by atoms with E-state index in [0.717, 1.165) is 49.8 Å². The van der Waals surface area contributed by atoms with E-state index >= 15 is 0 Å². The smallest absolute Gasteiger partial charge is 0.251 e. The predicted molar refractivity (Wildman–Crippen MR) is 127 cm³/mol. The molecule has 3 aromatic rings. The molecule has 1 fully saturated rings. The number of carbonyl (C=O) groups excluding carboxylic acids is 1. The van der Waals surface area contributed by atoms with E-state index in [2.05, 4.69) is 39.6 Å². The number of aromatic nitrogens is 1. The van der Waals surface area contributed by atoms with E-state index in [-0.39, 0.29) is 30.7 Å². The molecule has 1 aliphatic heterocycles. The second kappa shape index (κ2) is 10.3. The lowest BCUT2D eigenvalue weighted by atomic mass is 10.1. The number of nitrogens with one attached hydrogen (secondary N) is 1. The molecule has 2 aromatic heterocycles. The van der Waals surface area contributed by atoms with Gasteiger partial charge in [-0.05, 0) is 41.6 Å². The first-order chi connectivity index (χ1) is 13.2. The van der Waals surface area contributed by atoms with Crippen LogP contribution in [0.5, 0.6) is 0 Å². The minimum atomic E-state index is -0.0720. The maximum absolute atomic E-state index is 11.8. The summed E-state index contributed by atoms with van der Waals surface area (Å²) in [6.07, 6.45) is 0. The highest BCUT2D eigenvalue weighted by atomic mass is 35.5. The minimum absolute atomic E-state index is 0. The standard InChI is InChI=1S/C21H24N4OS.2ClH/c1-3-24-9-11-25(12-10-24)20-19-17(8-13-27-19)14-18(23-20)15-4-6-16(7-5-15)21(26)22-2;;/h4-8,13-14H,3,9-12H2,1-2H3,(H,22,26);2*1H. The molecular weight excluding hydrogens is 427 g/mol. The number of likely N-dealkylation sites (N-methyl/N-ethyl adjacent to an activating group) is 1. The molecule has 8 heteroatoms. The molecule has 1 amide bonds. The number of carbonyl (C=O) groups is 1. The number of thiophene rings is 1. The van der Waals surface area contributed by atoms with Crippen LogP contribution < -0.4 is 10.2 Å². The molecule has 0 aliphatic carbocycles. The Balaban J connectivity index is 0.00000150. The summed E-state index contributed by atoms with van der Waals surface area (Å²) in [5.41, 5.74) is 2.65. The van der Waals surface area contributed by atoms with Gasteiger partial charge in [0.15, 0.2) is 0 Å². The number of halogens is 2. The minimum Gasteiger partial charge on any atom is -0.355 e. The van der Waals surface area contributed by atoms with Crippen LogP contribution in [0.4, 0.5) is 5.82 Å². The summed E-state index contributed by atoms with van der Waals surface area (Å²) in [5.74, 6) is 1.01. The van der Waals surface area contributed by atoms with Gasteiger partial charge in [-0.15, -0.1) is 36.2 Å². The molecule has 0 unspecified atom stereocenters. The quantitative estimate of drug-likeness (QED) is 0.640. The first-order valence-corrected chi connectivity index (χ1v) is 10.3. The lowest BCUT2D eigenvalue weighted by Crippen LogP contribution is -2.46. The van der Waals surface area contributed by atoms with Gasteiger partial charge in [-0.1, -0.05) is 19.1 Å². The summed E-state index contributed by atoms with van der Waals surface area (Å²) in [6.45, 7) is 7.49. The van der Waals surface area contributed by atoms with Crippen molar-refractivity contribution in [3.8, 4) is 11.3 Å². The zero-order valence-electron chi connectivity index (χ0n) is 16.6. The van der Waals surface area contributed by atoms with Crippen LogP contribution in [0.25, 0.3) is 21.3 Å². The Morgan fingerprint density at radius 3 is 2.41 bits per heavy atom. The van der Waals surface area contributed by atoms with Crippen molar-refractivity contribution in [2.75, 3.05) is 44.7 Å². The van der Waals surface area contributed by atoms with Gasteiger partial charge >= 0.3 is 0 Å². The first kappa shape index (κ1) is 23.4. The van der Waals surface area contributed by atoms with Crippen LogP contribution in [0.3, 0.4) is 0 Å². The average molecular weight is 453 g/mol. The Labute approximate surface area is 187 Å². The first-order valence-electron chi connectivity index (χ1n) is 9.37. The molecule has 1 saturated heterocycles. The Morgan fingerprint density at radius 2 is 1.79 bits per heavy atom. The van der Waals surface area contributed by atoms with Crippen LogP contribution in [0.1, 0.15) is 17.3 Å². The number of hydrogen-bond donors (Lipinski definition) is 1. The zero-order chi connectivity index (χ0) is 18.8. The molecule has 1 aliphatic rings. The summed E-state index contributed by atoms with van der Waals surface area (Å²) < 4.78 is 1.26. The van der Waals surface area contributed by atoms with Crippen LogP contribution in [0.15, 0.2) is 41.8 Å². The number of anilines is 1. The molecule has 0 atom stereocenters. The van der Waals surface area contributed by atoms with Crippen molar-refractivity contribution in [3.05, 3.63) is 47.3 Å². The van der Waals surface area contributed by atoms with Gasteiger partial charge in [-0.3, -0.25) is 4.79 Å². The molecule has 0 bridgehead atoms. The fourth-order valence-electron chi connectivity index (χ4n) is 3.53. The van der Waals surface area contributed by atoms with E-state index in [0.29, 0.717) is 5.56 Å². The van der Waals surface area contributed by atoms with E-state index in [4.69, 9.17) is 4.98 Å². The summed E-state index contributed by atoms with van der Waals surface area (Å²) in [4.78, 5) is 21.7. The van der Waals surface area contributed by atoms with Crippen LogP contribution in [-0.2, 0) is 0 Å². The van der Waals surface area contributed by atoms with Gasteiger partial charge < -0.3 is 15.1 Å². The van der Waals surface area contributed by atoms with E-state index in [1.54, 1.807) is 18.4 Å². The van der Waals surface area contributed by atoms with Gasteiger partial charge in [0.25, 0.3) is 5.91 Å². The van der Waals surface area contributed by atoms with E-state index in [1.807, 2.05) is 24.3 Å². The molecule has 0 saturated carbocycles. The molecule has 1 N–H and O–H groups in total. The van der Waals surface area contributed by atoms with Crippen molar-refractivity contribution in [1.82, 2.24) is 15.2 Å². The highest BCUT2D eigenvalue weighted by Crippen LogP contribution is 2.34. The molecule has 0 radical (unpaired) electrons. The number of hydrogen-bond acceptors (Lipinski definition) is 5. The maximum atomic E-state index is 11.8. The maximum Gasteiger partial charge on any atom is 0.251 e.